The standard InChI is InChI=1S/C11H16N4O3/c16-8-3-4-15(5-8)6-9(17)12-11-14-13-10(18-11)7-1-2-7/h7-8,16H,1-6H2,(H,12,14,17)/t8-/m0/s1. The van der Waals surface area contributed by atoms with Gasteiger partial charge in [0.15, 0.2) is 0 Å². The van der Waals surface area contributed by atoms with Gasteiger partial charge in [-0.3, -0.25) is 15.0 Å². The Kier molecular flexibility index (Phi) is 3.00. The van der Waals surface area contributed by atoms with Crippen molar-refractivity contribution in [3.8, 4) is 0 Å². The molecule has 1 amide bonds. The molecule has 98 valence electrons. The number of nitrogens with one attached hydrogen (secondary N) is 1. The second kappa shape index (κ2) is 4.66. The number of aliphatic hydroxyl groups excluding tert-OH is 1. The Morgan fingerprint density at radius 2 is 2.28 bits per heavy atom. The average Bonchev–Trinajstić information content (AvgIpc) is 2.95. The molecule has 0 spiro atoms. The summed E-state index contributed by atoms with van der Waals surface area (Å²) in [5.74, 6) is 0.814. The van der Waals surface area contributed by atoms with E-state index in [9.17, 15) is 9.90 Å². The van der Waals surface area contributed by atoms with E-state index in [-0.39, 0.29) is 24.6 Å². The minimum Gasteiger partial charge on any atom is -0.408 e. The van der Waals surface area contributed by atoms with Gasteiger partial charge in [-0.2, -0.15) is 0 Å². The Balaban J connectivity index is 1.50. The summed E-state index contributed by atoms with van der Waals surface area (Å²) in [6.45, 7) is 1.54. The third kappa shape index (κ3) is 2.68. The number of β-amino-alcohol motifs (C(OH)–C–C–N with tert-alkyl or cyclic N) is 1. The van der Waals surface area contributed by atoms with Crippen molar-refractivity contribution in [3.05, 3.63) is 5.89 Å². The summed E-state index contributed by atoms with van der Waals surface area (Å²) in [6.07, 6.45) is 2.57. The fourth-order valence-corrected chi connectivity index (χ4v) is 2.10. The molecule has 2 aliphatic rings. The monoisotopic (exact) mass is 252 g/mol. The summed E-state index contributed by atoms with van der Waals surface area (Å²) in [4.78, 5) is 13.6. The number of rotatable bonds is 4. The van der Waals surface area contributed by atoms with Gasteiger partial charge in [-0.25, -0.2) is 0 Å². The summed E-state index contributed by atoms with van der Waals surface area (Å²) in [7, 11) is 0. The van der Waals surface area contributed by atoms with Crippen LogP contribution in [0.2, 0.25) is 0 Å². The number of aliphatic hydroxyl groups is 1. The van der Waals surface area contributed by atoms with E-state index >= 15 is 0 Å². The molecular weight excluding hydrogens is 236 g/mol. The Hall–Kier alpha value is -1.47. The lowest BCUT2D eigenvalue weighted by molar-refractivity contribution is -0.117. The van der Waals surface area contributed by atoms with Crippen molar-refractivity contribution < 1.29 is 14.3 Å². The highest BCUT2D eigenvalue weighted by atomic mass is 16.4. The molecule has 18 heavy (non-hydrogen) atoms. The van der Waals surface area contributed by atoms with Crippen LogP contribution < -0.4 is 5.32 Å². The minimum absolute atomic E-state index is 0.168. The van der Waals surface area contributed by atoms with Crippen LogP contribution in [0, 0.1) is 0 Å². The predicted molar refractivity (Wildman–Crippen MR) is 62.0 cm³/mol. The minimum atomic E-state index is -0.317. The predicted octanol–water partition coefficient (Wildman–Crippen LogP) is -0.0479. The molecule has 1 saturated heterocycles. The highest BCUT2D eigenvalue weighted by molar-refractivity contribution is 5.90. The lowest BCUT2D eigenvalue weighted by Crippen LogP contribution is -2.32. The molecule has 0 unspecified atom stereocenters. The van der Waals surface area contributed by atoms with Crippen molar-refractivity contribution in [2.24, 2.45) is 0 Å². The quantitative estimate of drug-likeness (QED) is 0.780. The van der Waals surface area contributed by atoms with Gasteiger partial charge in [-0.1, -0.05) is 5.10 Å². The summed E-state index contributed by atoms with van der Waals surface area (Å²) >= 11 is 0. The molecule has 2 fully saturated rings. The van der Waals surface area contributed by atoms with Crippen LogP contribution in [-0.4, -0.2) is 51.8 Å². The van der Waals surface area contributed by atoms with Crippen LogP contribution in [0.5, 0.6) is 0 Å². The molecule has 1 aromatic rings. The van der Waals surface area contributed by atoms with E-state index in [1.54, 1.807) is 0 Å². The molecule has 0 radical (unpaired) electrons. The zero-order chi connectivity index (χ0) is 12.5. The number of likely N-dealkylation sites (tertiary alicyclic amines) is 1. The Morgan fingerprint density at radius 3 is 2.94 bits per heavy atom. The van der Waals surface area contributed by atoms with Gasteiger partial charge in [0.25, 0.3) is 0 Å². The first kappa shape index (κ1) is 11.6. The molecule has 1 aliphatic carbocycles. The molecule has 0 aromatic carbocycles. The van der Waals surface area contributed by atoms with Gasteiger partial charge in [0.2, 0.25) is 11.8 Å². The average molecular weight is 252 g/mol. The van der Waals surface area contributed by atoms with Gasteiger partial charge in [0, 0.05) is 19.0 Å². The molecule has 1 atom stereocenters. The number of anilines is 1. The first-order chi connectivity index (χ1) is 8.70. The smallest absolute Gasteiger partial charge is 0.322 e. The molecule has 7 nitrogen and oxygen atoms in total. The highest BCUT2D eigenvalue weighted by Crippen LogP contribution is 2.39. The topological polar surface area (TPSA) is 91.5 Å². The van der Waals surface area contributed by atoms with Gasteiger partial charge in [0.1, 0.15) is 0 Å². The molecule has 2 heterocycles. The third-order valence-corrected chi connectivity index (χ3v) is 3.23. The maximum absolute atomic E-state index is 11.7. The van der Waals surface area contributed by atoms with Crippen molar-refractivity contribution in [3.63, 3.8) is 0 Å². The van der Waals surface area contributed by atoms with E-state index in [0.717, 1.165) is 25.8 Å². The van der Waals surface area contributed by atoms with Crippen LogP contribution >= 0.6 is 0 Å². The lowest BCUT2D eigenvalue weighted by Gasteiger charge is -2.12. The van der Waals surface area contributed by atoms with E-state index in [4.69, 9.17) is 4.42 Å². The number of carbonyl (C=O) groups excluding carboxylic acids is 1. The zero-order valence-electron chi connectivity index (χ0n) is 10.0. The maximum atomic E-state index is 11.7. The number of hydrogen-bond acceptors (Lipinski definition) is 6. The van der Waals surface area contributed by atoms with Crippen molar-refractivity contribution >= 4 is 11.9 Å². The van der Waals surface area contributed by atoms with Gasteiger partial charge in [-0.15, -0.1) is 5.10 Å². The van der Waals surface area contributed by atoms with Crippen LogP contribution in [-0.2, 0) is 4.79 Å². The molecule has 3 rings (SSSR count). The third-order valence-electron chi connectivity index (χ3n) is 3.23. The molecule has 1 aromatic heterocycles. The second-order valence-electron chi connectivity index (χ2n) is 4.95. The number of carbonyl (C=O) groups is 1. The zero-order valence-corrected chi connectivity index (χ0v) is 10.0. The van der Waals surface area contributed by atoms with E-state index in [0.29, 0.717) is 18.4 Å². The Bertz CT molecular complexity index is 443. The number of nitrogens with zero attached hydrogens (tertiary/aromatic N) is 3. The second-order valence-corrected chi connectivity index (χ2v) is 4.95. The summed E-state index contributed by atoms with van der Waals surface area (Å²) in [5.41, 5.74) is 0. The maximum Gasteiger partial charge on any atom is 0.322 e. The first-order valence-corrected chi connectivity index (χ1v) is 6.24. The van der Waals surface area contributed by atoms with E-state index in [1.165, 1.54) is 0 Å². The number of aromatic nitrogens is 2. The van der Waals surface area contributed by atoms with Crippen molar-refractivity contribution in [2.75, 3.05) is 25.0 Å². The molecule has 0 bridgehead atoms. The summed E-state index contributed by atoms with van der Waals surface area (Å²) in [5, 5.41) is 19.6. The lowest BCUT2D eigenvalue weighted by atomic mass is 10.3. The van der Waals surface area contributed by atoms with Crippen LogP contribution in [0.15, 0.2) is 4.42 Å². The number of hydrogen-bond donors (Lipinski definition) is 2. The molecular formula is C11H16N4O3. The van der Waals surface area contributed by atoms with Crippen molar-refractivity contribution in [2.45, 2.75) is 31.3 Å². The number of amides is 1. The van der Waals surface area contributed by atoms with Gasteiger partial charge in [-0.05, 0) is 19.3 Å². The molecule has 1 aliphatic heterocycles. The first-order valence-electron chi connectivity index (χ1n) is 6.24. The van der Waals surface area contributed by atoms with Crippen LogP contribution in [0.1, 0.15) is 31.1 Å². The SMILES string of the molecule is O=C(CN1CC[C@H](O)C1)Nc1nnc(C2CC2)o1. The normalized spacial score (nSPS) is 24.4. The Morgan fingerprint density at radius 1 is 1.44 bits per heavy atom. The van der Waals surface area contributed by atoms with Crippen molar-refractivity contribution in [1.29, 1.82) is 0 Å². The fraction of sp³-hybridized carbons (Fsp3) is 0.727. The summed E-state index contributed by atoms with van der Waals surface area (Å²) in [6, 6.07) is 0.168. The Labute approximate surface area is 104 Å². The van der Waals surface area contributed by atoms with E-state index < -0.39 is 0 Å². The van der Waals surface area contributed by atoms with Crippen LogP contribution in [0.4, 0.5) is 6.01 Å². The van der Waals surface area contributed by atoms with Gasteiger partial charge >= 0.3 is 6.01 Å². The van der Waals surface area contributed by atoms with Crippen LogP contribution in [0.25, 0.3) is 0 Å². The van der Waals surface area contributed by atoms with E-state index in [1.807, 2.05) is 4.90 Å². The highest BCUT2D eigenvalue weighted by Gasteiger charge is 2.29. The van der Waals surface area contributed by atoms with Gasteiger partial charge < -0.3 is 9.52 Å². The molecule has 2 N–H and O–H groups in total. The molecule has 7 heteroatoms. The molecule has 1 saturated carbocycles. The van der Waals surface area contributed by atoms with E-state index in [2.05, 4.69) is 15.5 Å². The van der Waals surface area contributed by atoms with Crippen LogP contribution in [0.3, 0.4) is 0 Å². The van der Waals surface area contributed by atoms with Crippen molar-refractivity contribution in [1.82, 2.24) is 15.1 Å². The summed E-state index contributed by atoms with van der Waals surface area (Å²) < 4.78 is 5.34. The largest absolute Gasteiger partial charge is 0.408 e. The van der Waals surface area contributed by atoms with Gasteiger partial charge in [0.05, 0.1) is 12.6 Å². The fourth-order valence-electron chi connectivity index (χ4n) is 2.10.